The van der Waals surface area contributed by atoms with Gasteiger partial charge in [-0.3, -0.25) is 4.99 Å². The number of aliphatic imine (C=N–C) groups is 1. The monoisotopic (exact) mass is 197 g/mol. The van der Waals surface area contributed by atoms with Crippen LogP contribution < -0.4 is 10.6 Å². The van der Waals surface area contributed by atoms with Crippen molar-refractivity contribution in [2.75, 3.05) is 33.3 Å². The molecule has 0 bridgehead atoms. The van der Waals surface area contributed by atoms with Gasteiger partial charge >= 0.3 is 0 Å². The minimum atomic E-state index is -0.133. The van der Waals surface area contributed by atoms with Crippen LogP contribution in [0, 0.1) is 0 Å². The second-order valence-corrected chi connectivity index (χ2v) is 3.96. The van der Waals surface area contributed by atoms with Crippen LogP contribution in [-0.2, 0) is 4.74 Å². The van der Waals surface area contributed by atoms with Crippen LogP contribution >= 0.6 is 0 Å². The van der Waals surface area contributed by atoms with Crippen molar-refractivity contribution in [3.63, 3.8) is 0 Å². The molecule has 14 heavy (non-hydrogen) atoms. The molecular weight excluding hydrogens is 178 g/mol. The fourth-order valence-electron chi connectivity index (χ4n) is 2.21. The Kier molecular flexibility index (Phi) is 3.03. The van der Waals surface area contributed by atoms with Crippen molar-refractivity contribution in [3.05, 3.63) is 0 Å². The van der Waals surface area contributed by atoms with Gasteiger partial charge in [-0.05, 0) is 32.4 Å². The largest absolute Gasteiger partial charge is 0.371 e. The first-order chi connectivity index (χ1) is 6.87. The summed E-state index contributed by atoms with van der Waals surface area (Å²) in [4.78, 5) is 4.55. The molecule has 2 N–H and O–H groups in total. The molecule has 0 saturated carbocycles. The van der Waals surface area contributed by atoms with Crippen molar-refractivity contribution in [1.82, 2.24) is 10.6 Å². The molecule has 2 rings (SSSR count). The van der Waals surface area contributed by atoms with Crippen molar-refractivity contribution < 1.29 is 4.74 Å². The quantitative estimate of drug-likeness (QED) is 0.662. The first-order valence-corrected chi connectivity index (χ1v) is 5.42. The predicted octanol–water partition coefficient (Wildman–Crippen LogP) is 0.147. The molecule has 0 atom stereocenters. The molecule has 0 aromatic heterocycles. The van der Waals surface area contributed by atoms with E-state index in [0.29, 0.717) is 0 Å². The molecule has 0 unspecified atom stereocenters. The molecule has 1 fully saturated rings. The summed E-state index contributed by atoms with van der Waals surface area (Å²) >= 11 is 0. The SMILES string of the molecule is COC1(C2=NCCCN2)CCNCC1. The normalized spacial score (nSPS) is 26.5. The van der Waals surface area contributed by atoms with Gasteiger partial charge in [0, 0.05) is 20.2 Å². The van der Waals surface area contributed by atoms with Crippen molar-refractivity contribution >= 4 is 5.84 Å². The highest BCUT2D eigenvalue weighted by Crippen LogP contribution is 2.24. The van der Waals surface area contributed by atoms with Crippen molar-refractivity contribution in [2.24, 2.45) is 4.99 Å². The van der Waals surface area contributed by atoms with E-state index < -0.39 is 0 Å². The molecule has 0 amide bonds. The second kappa shape index (κ2) is 4.28. The topological polar surface area (TPSA) is 45.6 Å². The fourth-order valence-corrected chi connectivity index (χ4v) is 2.21. The zero-order valence-corrected chi connectivity index (χ0v) is 8.81. The highest BCUT2D eigenvalue weighted by Gasteiger charge is 2.37. The van der Waals surface area contributed by atoms with E-state index >= 15 is 0 Å². The average molecular weight is 197 g/mol. The van der Waals surface area contributed by atoms with Crippen LogP contribution in [0.25, 0.3) is 0 Å². The Bertz CT molecular complexity index is 221. The third-order valence-electron chi connectivity index (χ3n) is 3.13. The summed E-state index contributed by atoms with van der Waals surface area (Å²) in [5.74, 6) is 1.08. The van der Waals surface area contributed by atoms with Gasteiger partial charge in [-0.25, -0.2) is 0 Å². The number of nitrogens with one attached hydrogen (secondary N) is 2. The molecule has 2 heterocycles. The maximum Gasteiger partial charge on any atom is 0.129 e. The summed E-state index contributed by atoms with van der Waals surface area (Å²) in [5.41, 5.74) is -0.133. The van der Waals surface area contributed by atoms with E-state index in [-0.39, 0.29) is 5.60 Å². The van der Waals surface area contributed by atoms with Crippen LogP contribution in [0.2, 0.25) is 0 Å². The third kappa shape index (κ3) is 1.77. The van der Waals surface area contributed by atoms with Gasteiger partial charge in [0.2, 0.25) is 0 Å². The summed E-state index contributed by atoms with van der Waals surface area (Å²) in [6.07, 6.45) is 3.19. The lowest BCUT2D eigenvalue weighted by Crippen LogP contribution is -2.55. The lowest BCUT2D eigenvalue weighted by Gasteiger charge is -2.38. The second-order valence-electron chi connectivity index (χ2n) is 3.96. The number of hydrogen-bond acceptors (Lipinski definition) is 4. The maximum absolute atomic E-state index is 5.68. The van der Waals surface area contributed by atoms with E-state index in [1.165, 1.54) is 0 Å². The van der Waals surface area contributed by atoms with E-state index in [9.17, 15) is 0 Å². The zero-order valence-electron chi connectivity index (χ0n) is 8.81. The number of methoxy groups -OCH3 is 1. The Labute approximate surface area is 85.1 Å². The molecule has 0 radical (unpaired) electrons. The standard InChI is InChI=1S/C10H19N3O/c1-14-10(3-7-11-8-4-10)9-12-5-2-6-13-9/h11H,2-8H2,1H3,(H,12,13). The molecule has 4 nitrogen and oxygen atoms in total. The summed E-state index contributed by atoms with van der Waals surface area (Å²) in [6.45, 7) is 4.03. The number of hydrogen-bond donors (Lipinski definition) is 2. The number of piperidine rings is 1. The van der Waals surface area contributed by atoms with Crippen LogP contribution in [0.3, 0.4) is 0 Å². The van der Waals surface area contributed by atoms with Gasteiger partial charge in [-0.15, -0.1) is 0 Å². The van der Waals surface area contributed by atoms with Crippen LogP contribution in [0.4, 0.5) is 0 Å². The molecule has 0 spiro atoms. The number of amidine groups is 1. The van der Waals surface area contributed by atoms with E-state index in [0.717, 1.165) is 51.3 Å². The zero-order chi connectivity index (χ0) is 9.86. The summed E-state index contributed by atoms with van der Waals surface area (Å²) in [5, 5.41) is 6.73. The number of ether oxygens (including phenoxy) is 1. The molecular formula is C10H19N3O. The van der Waals surface area contributed by atoms with Crippen LogP contribution in [-0.4, -0.2) is 44.7 Å². The molecule has 0 aliphatic carbocycles. The smallest absolute Gasteiger partial charge is 0.129 e. The van der Waals surface area contributed by atoms with Gasteiger partial charge < -0.3 is 15.4 Å². The van der Waals surface area contributed by atoms with Gasteiger partial charge in [-0.2, -0.15) is 0 Å². The van der Waals surface area contributed by atoms with Crippen molar-refractivity contribution in [2.45, 2.75) is 24.9 Å². The van der Waals surface area contributed by atoms with Gasteiger partial charge in [0.05, 0.1) is 0 Å². The Morgan fingerprint density at radius 1 is 1.29 bits per heavy atom. The minimum Gasteiger partial charge on any atom is -0.371 e. The summed E-state index contributed by atoms with van der Waals surface area (Å²) in [6, 6.07) is 0. The van der Waals surface area contributed by atoms with Gasteiger partial charge in [0.15, 0.2) is 0 Å². The Hall–Kier alpha value is -0.610. The van der Waals surface area contributed by atoms with E-state index in [1.54, 1.807) is 7.11 Å². The van der Waals surface area contributed by atoms with Crippen molar-refractivity contribution in [1.29, 1.82) is 0 Å². The maximum atomic E-state index is 5.68. The molecule has 2 aliphatic heterocycles. The molecule has 4 heteroatoms. The lowest BCUT2D eigenvalue weighted by atomic mass is 9.90. The number of rotatable bonds is 2. The first kappa shape index (κ1) is 9.93. The first-order valence-electron chi connectivity index (χ1n) is 5.42. The molecule has 80 valence electrons. The van der Waals surface area contributed by atoms with Crippen molar-refractivity contribution in [3.8, 4) is 0 Å². The van der Waals surface area contributed by atoms with Gasteiger partial charge in [0.25, 0.3) is 0 Å². The van der Waals surface area contributed by atoms with Crippen LogP contribution in [0.5, 0.6) is 0 Å². The van der Waals surface area contributed by atoms with Gasteiger partial charge in [0.1, 0.15) is 11.4 Å². The van der Waals surface area contributed by atoms with E-state index in [1.807, 2.05) is 0 Å². The average Bonchev–Trinajstić information content (AvgIpc) is 2.31. The number of nitrogens with zero attached hydrogens (tertiary/aromatic N) is 1. The lowest BCUT2D eigenvalue weighted by molar-refractivity contribution is 0.0212. The molecule has 1 saturated heterocycles. The van der Waals surface area contributed by atoms with Crippen LogP contribution in [0.1, 0.15) is 19.3 Å². The summed E-state index contributed by atoms with van der Waals surface area (Å²) < 4.78 is 5.68. The Morgan fingerprint density at radius 2 is 2.07 bits per heavy atom. The fraction of sp³-hybridized carbons (Fsp3) is 0.900. The van der Waals surface area contributed by atoms with E-state index in [4.69, 9.17) is 4.74 Å². The van der Waals surface area contributed by atoms with Crippen LogP contribution in [0.15, 0.2) is 4.99 Å². The van der Waals surface area contributed by atoms with E-state index in [2.05, 4.69) is 15.6 Å². The van der Waals surface area contributed by atoms with Gasteiger partial charge in [-0.1, -0.05) is 0 Å². The molecule has 0 aromatic rings. The highest BCUT2D eigenvalue weighted by molar-refractivity contribution is 5.91. The Balaban J connectivity index is 2.12. The minimum absolute atomic E-state index is 0.133. The highest BCUT2D eigenvalue weighted by atomic mass is 16.5. The predicted molar refractivity (Wildman–Crippen MR) is 56.8 cm³/mol. The summed E-state index contributed by atoms with van der Waals surface area (Å²) in [7, 11) is 1.80. The molecule has 2 aliphatic rings. The molecule has 0 aromatic carbocycles. The Morgan fingerprint density at radius 3 is 2.64 bits per heavy atom. The third-order valence-corrected chi connectivity index (χ3v) is 3.13.